The number of nitrogens with zero attached hydrogens (tertiary/aromatic N) is 1. The Kier molecular flexibility index (Phi) is 5.07. The van der Waals surface area contributed by atoms with Crippen molar-refractivity contribution >= 4 is 5.91 Å². The van der Waals surface area contributed by atoms with Gasteiger partial charge in [-0.2, -0.15) is 0 Å². The van der Waals surface area contributed by atoms with E-state index in [9.17, 15) is 9.90 Å². The van der Waals surface area contributed by atoms with Gasteiger partial charge in [0.15, 0.2) is 11.5 Å². The molecule has 0 radical (unpaired) electrons. The zero-order valence-electron chi connectivity index (χ0n) is 12.8. The van der Waals surface area contributed by atoms with E-state index in [2.05, 4.69) is 0 Å². The van der Waals surface area contributed by atoms with Crippen molar-refractivity contribution < 1.29 is 19.4 Å². The molecule has 0 saturated heterocycles. The summed E-state index contributed by atoms with van der Waals surface area (Å²) in [6.07, 6.45) is 3.24. The number of hydrogen-bond acceptors (Lipinski definition) is 4. The molecule has 1 aromatic rings. The lowest BCUT2D eigenvalue weighted by Gasteiger charge is -2.35. The third kappa shape index (κ3) is 3.29. The molecule has 1 N–H and O–H groups in total. The van der Waals surface area contributed by atoms with Crippen LogP contribution in [0.1, 0.15) is 36.0 Å². The molecule has 0 heterocycles. The lowest BCUT2D eigenvalue weighted by Crippen LogP contribution is -2.46. The van der Waals surface area contributed by atoms with Gasteiger partial charge in [0.05, 0.1) is 26.4 Å². The highest BCUT2D eigenvalue weighted by Crippen LogP contribution is 2.29. The summed E-state index contributed by atoms with van der Waals surface area (Å²) in [7, 11) is 4.85. The van der Waals surface area contributed by atoms with Crippen LogP contribution in [0.5, 0.6) is 11.5 Å². The highest BCUT2D eigenvalue weighted by atomic mass is 16.5. The first-order chi connectivity index (χ1) is 10.1. The maximum atomic E-state index is 12.6. The molecule has 5 heteroatoms. The van der Waals surface area contributed by atoms with Crippen LogP contribution in [0.15, 0.2) is 18.2 Å². The maximum absolute atomic E-state index is 12.6. The lowest BCUT2D eigenvalue weighted by molar-refractivity contribution is 0.0268. The van der Waals surface area contributed by atoms with E-state index in [0.29, 0.717) is 17.1 Å². The van der Waals surface area contributed by atoms with Gasteiger partial charge in [0, 0.05) is 12.6 Å². The Morgan fingerprint density at radius 1 is 1.19 bits per heavy atom. The van der Waals surface area contributed by atoms with Crippen molar-refractivity contribution in [2.24, 2.45) is 0 Å². The van der Waals surface area contributed by atoms with Crippen LogP contribution in [-0.2, 0) is 0 Å². The minimum atomic E-state index is -0.437. The Hall–Kier alpha value is -1.75. The van der Waals surface area contributed by atoms with E-state index in [1.165, 1.54) is 0 Å². The molecule has 0 aromatic heterocycles. The Labute approximate surface area is 125 Å². The topological polar surface area (TPSA) is 59.0 Å². The zero-order valence-corrected chi connectivity index (χ0v) is 12.8. The Morgan fingerprint density at radius 2 is 1.86 bits per heavy atom. The Morgan fingerprint density at radius 3 is 2.48 bits per heavy atom. The van der Waals surface area contributed by atoms with E-state index in [1.807, 2.05) is 0 Å². The maximum Gasteiger partial charge on any atom is 0.254 e. The number of aliphatic hydroxyl groups is 1. The fourth-order valence-corrected chi connectivity index (χ4v) is 2.87. The minimum absolute atomic E-state index is 0.109. The molecule has 1 saturated carbocycles. The van der Waals surface area contributed by atoms with Gasteiger partial charge in [0.25, 0.3) is 5.91 Å². The summed E-state index contributed by atoms with van der Waals surface area (Å²) in [6, 6.07) is 5.00. The molecule has 21 heavy (non-hydrogen) atoms. The first-order valence-electron chi connectivity index (χ1n) is 7.25. The first-order valence-corrected chi connectivity index (χ1v) is 7.25. The molecular weight excluding hydrogens is 270 g/mol. The van der Waals surface area contributed by atoms with Gasteiger partial charge in [0.2, 0.25) is 0 Å². The van der Waals surface area contributed by atoms with Crippen molar-refractivity contribution in [3.05, 3.63) is 23.8 Å². The van der Waals surface area contributed by atoms with Crippen LogP contribution in [0.3, 0.4) is 0 Å². The third-order valence-electron chi connectivity index (χ3n) is 4.14. The predicted octanol–water partition coefficient (Wildman–Crippen LogP) is 2.08. The van der Waals surface area contributed by atoms with Gasteiger partial charge in [-0.05, 0) is 31.0 Å². The fourth-order valence-electron chi connectivity index (χ4n) is 2.87. The molecule has 0 aliphatic heterocycles. The molecule has 1 aromatic carbocycles. The summed E-state index contributed by atoms with van der Waals surface area (Å²) < 4.78 is 10.4. The van der Waals surface area contributed by atoms with Crippen molar-refractivity contribution in [3.63, 3.8) is 0 Å². The van der Waals surface area contributed by atoms with Crippen LogP contribution < -0.4 is 9.47 Å². The molecule has 5 nitrogen and oxygen atoms in total. The quantitative estimate of drug-likeness (QED) is 0.923. The van der Waals surface area contributed by atoms with Gasteiger partial charge < -0.3 is 19.5 Å². The highest BCUT2D eigenvalue weighted by molar-refractivity contribution is 5.95. The molecule has 1 aliphatic carbocycles. The number of amides is 1. The summed E-state index contributed by atoms with van der Waals surface area (Å²) in [6.45, 7) is 0. The summed E-state index contributed by atoms with van der Waals surface area (Å²) in [5, 5.41) is 10.1. The van der Waals surface area contributed by atoms with Crippen molar-refractivity contribution in [2.75, 3.05) is 21.3 Å². The smallest absolute Gasteiger partial charge is 0.254 e. The molecule has 1 aliphatic rings. The second-order valence-electron chi connectivity index (χ2n) is 5.40. The van der Waals surface area contributed by atoms with Crippen LogP contribution in [-0.4, -0.2) is 49.3 Å². The molecule has 2 atom stereocenters. The average Bonchev–Trinajstić information content (AvgIpc) is 2.53. The molecular formula is C16H23NO4. The number of carbonyl (C=O) groups is 1. The second-order valence-corrected chi connectivity index (χ2v) is 5.40. The Bertz CT molecular complexity index is 503. The summed E-state index contributed by atoms with van der Waals surface area (Å²) in [4.78, 5) is 14.2. The van der Waals surface area contributed by atoms with Gasteiger partial charge in [-0.25, -0.2) is 0 Å². The van der Waals surface area contributed by atoms with E-state index in [4.69, 9.17) is 9.47 Å². The number of carbonyl (C=O) groups excluding carboxylic acids is 1. The Balaban J connectivity index is 2.18. The molecule has 1 amide bonds. The molecule has 116 valence electrons. The van der Waals surface area contributed by atoms with Crippen LogP contribution >= 0.6 is 0 Å². The van der Waals surface area contributed by atoms with E-state index in [0.717, 1.165) is 25.7 Å². The molecule has 0 bridgehead atoms. The number of likely N-dealkylation sites (N-methyl/N-ethyl adjacent to an activating group) is 1. The van der Waals surface area contributed by atoms with Crippen molar-refractivity contribution in [3.8, 4) is 11.5 Å². The molecule has 2 unspecified atom stereocenters. The molecule has 2 rings (SSSR count). The van der Waals surface area contributed by atoms with Crippen LogP contribution in [0.25, 0.3) is 0 Å². The van der Waals surface area contributed by atoms with Crippen molar-refractivity contribution in [2.45, 2.75) is 37.8 Å². The van der Waals surface area contributed by atoms with Crippen LogP contribution in [0.4, 0.5) is 0 Å². The van der Waals surface area contributed by atoms with Crippen LogP contribution in [0.2, 0.25) is 0 Å². The van der Waals surface area contributed by atoms with Gasteiger partial charge >= 0.3 is 0 Å². The predicted molar refractivity (Wildman–Crippen MR) is 79.9 cm³/mol. The molecule has 0 spiro atoms. The minimum Gasteiger partial charge on any atom is -0.493 e. The number of ether oxygens (including phenoxy) is 2. The summed E-state index contributed by atoms with van der Waals surface area (Å²) in [5.41, 5.74) is 0.535. The second kappa shape index (κ2) is 6.80. The third-order valence-corrected chi connectivity index (χ3v) is 4.14. The lowest BCUT2D eigenvalue weighted by atomic mass is 9.91. The standard InChI is InChI=1S/C16H23NO4/c1-17(12-6-4-5-7-13(12)18)16(19)11-8-9-14(20-2)15(10-11)21-3/h8-10,12-13,18H,4-7H2,1-3H3. The van der Waals surface area contributed by atoms with Gasteiger partial charge in [-0.15, -0.1) is 0 Å². The van der Waals surface area contributed by atoms with Crippen molar-refractivity contribution in [1.82, 2.24) is 4.90 Å². The highest BCUT2D eigenvalue weighted by Gasteiger charge is 2.30. The fraction of sp³-hybridized carbons (Fsp3) is 0.562. The van der Waals surface area contributed by atoms with E-state index < -0.39 is 6.10 Å². The monoisotopic (exact) mass is 293 g/mol. The average molecular weight is 293 g/mol. The summed E-state index contributed by atoms with van der Waals surface area (Å²) >= 11 is 0. The van der Waals surface area contributed by atoms with E-state index in [1.54, 1.807) is 44.4 Å². The van der Waals surface area contributed by atoms with E-state index in [-0.39, 0.29) is 11.9 Å². The number of hydrogen-bond donors (Lipinski definition) is 1. The number of rotatable bonds is 4. The zero-order chi connectivity index (χ0) is 15.4. The van der Waals surface area contributed by atoms with Crippen molar-refractivity contribution in [1.29, 1.82) is 0 Å². The number of aliphatic hydroxyl groups excluding tert-OH is 1. The van der Waals surface area contributed by atoms with Gasteiger partial charge in [0.1, 0.15) is 0 Å². The van der Waals surface area contributed by atoms with Crippen LogP contribution in [0, 0.1) is 0 Å². The summed E-state index contributed by atoms with van der Waals surface area (Å²) in [5.74, 6) is 1.01. The van der Waals surface area contributed by atoms with Gasteiger partial charge in [-0.1, -0.05) is 12.8 Å². The normalized spacial score (nSPS) is 21.7. The first kappa shape index (κ1) is 15.6. The SMILES string of the molecule is COc1ccc(C(=O)N(C)C2CCCCC2O)cc1OC. The van der Waals surface area contributed by atoms with Gasteiger partial charge in [-0.3, -0.25) is 4.79 Å². The largest absolute Gasteiger partial charge is 0.493 e. The number of methoxy groups -OCH3 is 2. The number of benzene rings is 1. The molecule has 1 fully saturated rings. The van der Waals surface area contributed by atoms with E-state index >= 15 is 0 Å².